The van der Waals surface area contributed by atoms with Crippen LogP contribution in [0.1, 0.15) is 53.4 Å². The summed E-state index contributed by atoms with van der Waals surface area (Å²) in [5, 5.41) is 0. The molecule has 2 spiro atoms. The number of hydrogen-bond acceptors (Lipinski definition) is 8. The molecule has 0 aromatic rings. The topological polar surface area (TPSA) is 105 Å². The highest BCUT2D eigenvalue weighted by atomic mass is 79.9. The SMILES string of the molecule is CCC[C@H](OC(C)=O)C1=C(Br)[C@@]2(OC1=O)[C@@H](Br)[C@H](Br)[C@@]21OC(=O)C([C@@H](CCC)OC(C)=O)=C1Br. The van der Waals surface area contributed by atoms with Crippen LogP contribution in [-0.4, -0.2) is 56.9 Å². The highest BCUT2D eigenvalue weighted by molar-refractivity contribution is 9.13. The highest BCUT2D eigenvalue weighted by Gasteiger charge is 2.83. The third-order valence-corrected chi connectivity index (χ3v) is 11.1. The lowest BCUT2D eigenvalue weighted by atomic mass is 9.64. The summed E-state index contributed by atoms with van der Waals surface area (Å²) in [7, 11) is 0. The zero-order valence-corrected chi connectivity index (χ0v) is 25.3. The zero-order valence-electron chi connectivity index (χ0n) is 18.9. The van der Waals surface area contributed by atoms with Gasteiger partial charge in [0.05, 0.1) is 29.8 Å². The third kappa shape index (κ3) is 4.04. The van der Waals surface area contributed by atoms with Gasteiger partial charge in [0.2, 0.25) is 11.2 Å². The van der Waals surface area contributed by atoms with Gasteiger partial charge < -0.3 is 18.9 Å². The van der Waals surface area contributed by atoms with Crippen molar-refractivity contribution in [2.24, 2.45) is 0 Å². The number of alkyl halides is 2. The standard InChI is InChI=1S/C22H24Br4O8/c1-5-7-11(31-9(3)27)13-15(23)21(33-19(13)29)17(25)18(26)22(21)16(24)14(20(30)34-22)12(8-6-2)32-10(4)28/h11-12,17-18H,5-8H2,1-4H3/t11-,12+,17-,18-,21+,22+/m0/s1. The molecule has 0 amide bonds. The molecule has 0 unspecified atom stereocenters. The molecule has 188 valence electrons. The van der Waals surface area contributed by atoms with Crippen molar-refractivity contribution in [2.45, 2.75) is 86.4 Å². The molecule has 0 aromatic carbocycles. The maximum atomic E-state index is 13.2. The van der Waals surface area contributed by atoms with E-state index >= 15 is 0 Å². The normalized spacial score (nSPS) is 32.0. The van der Waals surface area contributed by atoms with Gasteiger partial charge in [-0.2, -0.15) is 0 Å². The molecule has 34 heavy (non-hydrogen) atoms. The smallest absolute Gasteiger partial charge is 0.339 e. The van der Waals surface area contributed by atoms with Crippen molar-refractivity contribution >= 4 is 87.6 Å². The Morgan fingerprint density at radius 3 is 1.41 bits per heavy atom. The molecule has 2 heterocycles. The van der Waals surface area contributed by atoms with Crippen LogP contribution >= 0.6 is 63.7 Å². The van der Waals surface area contributed by atoms with Crippen molar-refractivity contribution < 1.29 is 38.1 Å². The van der Waals surface area contributed by atoms with Gasteiger partial charge in [0.15, 0.2) is 0 Å². The molecule has 2 aliphatic heterocycles. The van der Waals surface area contributed by atoms with E-state index in [4.69, 9.17) is 18.9 Å². The first-order valence-corrected chi connectivity index (χ1v) is 14.2. The molecule has 0 radical (unpaired) electrons. The first kappa shape index (κ1) is 27.9. The van der Waals surface area contributed by atoms with Crippen LogP contribution in [0.3, 0.4) is 0 Å². The van der Waals surface area contributed by atoms with E-state index in [1.165, 1.54) is 13.8 Å². The maximum Gasteiger partial charge on any atom is 0.339 e. The van der Waals surface area contributed by atoms with Crippen LogP contribution in [0.2, 0.25) is 0 Å². The number of halogens is 4. The minimum absolute atomic E-state index is 0.162. The second-order valence-corrected chi connectivity index (χ2v) is 11.8. The summed E-state index contributed by atoms with van der Waals surface area (Å²) in [6, 6.07) is 0. The predicted molar refractivity (Wildman–Crippen MR) is 136 cm³/mol. The Balaban J connectivity index is 2.18. The van der Waals surface area contributed by atoms with Crippen molar-refractivity contribution in [1.29, 1.82) is 0 Å². The first-order chi connectivity index (χ1) is 15.9. The Morgan fingerprint density at radius 2 is 1.15 bits per heavy atom. The van der Waals surface area contributed by atoms with Crippen molar-refractivity contribution in [3.63, 3.8) is 0 Å². The van der Waals surface area contributed by atoms with Crippen LogP contribution in [0.15, 0.2) is 20.1 Å². The Kier molecular flexibility index (Phi) is 8.47. The van der Waals surface area contributed by atoms with Gasteiger partial charge in [0.25, 0.3) is 0 Å². The average Bonchev–Trinajstić information content (AvgIpc) is 3.18. The molecule has 12 heteroatoms. The lowest BCUT2D eigenvalue weighted by Gasteiger charge is -2.59. The van der Waals surface area contributed by atoms with E-state index < -0.39 is 56.9 Å². The van der Waals surface area contributed by atoms with Crippen molar-refractivity contribution in [3.8, 4) is 0 Å². The monoisotopic (exact) mass is 732 g/mol. The molecule has 1 fully saturated rings. The average molecular weight is 736 g/mol. The van der Waals surface area contributed by atoms with Crippen LogP contribution in [0.4, 0.5) is 0 Å². The van der Waals surface area contributed by atoms with Crippen LogP contribution in [-0.2, 0) is 38.1 Å². The largest absolute Gasteiger partial charge is 0.457 e. The van der Waals surface area contributed by atoms with E-state index in [1.54, 1.807) is 0 Å². The lowest BCUT2D eigenvalue weighted by molar-refractivity contribution is -0.201. The molecule has 3 rings (SSSR count). The number of hydrogen-bond donors (Lipinski definition) is 0. The lowest BCUT2D eigenvalue weighted by Crippen LogP contribution is -2.78. The van der Waals surface area contributed by atoms with Gasteiger partial charge in [-0.1, -0.05) is 90.4 Å². The number of carbonyl (C=O) groups is 4. The second kappa shape index (κ2) is 10.3. The quantitative estimate of drug-likeness (QED) is 0.198. The van der Waals surface area contributed by atoms with Crippen LogP contribution in [0.25, 0.3) is 0 Å². The van der Waals surface area contributed by atoms with Gasteiger partial charge in [-0.3, -0.25) is 9.59 Å². The minimum Gasteiger partial charge on any atom is -0.457 e. The molecule has 3 aliphatic rings. The summed E-state index contributed by atoms with van der Waals surface area (Å²) in [4.78, 5) is 48.7. The van der Waals surface area contributed by atoms with Crippen LogP contribution < -0.4 is 0 Å². The van der Waals surface area contributed by atoms with Gasteiger partial charge in [0, 0.05) is 13.8 Å². The summed E-state index contributed by atoms with van der Waals surface area (Å²) in [5.41, 5.74) is -2.61. The van der Waals surface area contributed by atoms with Crippen molar-refractivity contribution in [3.05, 3.63) is 20.1 Å². The van der Waals surface area contributed by atoms with E-state index in [2.05, 4.69) is 63.7 Å². The number of fused-ring (bicyclic) bond motifs is 1. The van der Waals surface area contributed by atoms with Gasteiger partial charge in [-0.15, -0.1) is 0 Å². The van der Waals surface area contributed by atoms with E-state index in [0.29, 0.717) is 34.6 Å². The second-order valence-electron chi connectivity index (χ2n) is 8.28. The maximum absolute atomic E-state index is 13.2. The molecular weight excluding hydrogens is 712 g/mol. The van der Waals surface area contributed by atoms with Crippen molar-refractivity contribution in [1.82, 2.24) is 0 Å². The summed E-state index contributed by atoms with van der Waals surface area (Å²) in [6.07, 6.45) is 0.442. The fraction of sp³-hybridized carbons (Fsp3) is 0.636. The van der Waals surface area contributed by atoms with Gasteiger partial charge >= 0.3 is 23.9 Å². The van der Waals surface area contributed by atoms with Gasteiger partial charge in [0.1, 0.15) is 12.2 Å². The van der Waals surface area contributed by atoms with Gasteiger partial charge in [-0.05, 0) is 12.8 Å². The fourth-order valence-corrected chi connectivity index (χ4v) is 9.39. The van der Waals surface area contributed by atoms with Gasteiger partial charge in [-0.25, -0.2) is 9.59 Å². The molecule has 0 saturated heterocycles. The summed E-state index contributed by atoms with van der Waals surface area (Å²) >= 11 is 14.3. The highest BCUT2D eigenvalue weighted by Crippen LogP contribution is 2.68. The Labute approximate surface area is 231 Å². The Bertz CT molecular complexity index is 913. The molecule has 1 saturated carbocycles. The van der Waals surface area contributed by atoms with Crippen LogP contribution in [0.5, 0.6) is 0 Å². The van der Waals surface area contributed by atoms with E-state index in [0.717, 1.165) is 0 Å². The fourth-order valence-electron chi connectivity index (χ4n) is 4.62. The van der Waals surface area contributed by atoms with E-state index in [-0.39, 0.29) is 11.1 Å². The zero-order chi connectivity index (χ0) is 25.6. The number of esters is 4. The summed E-state index contributed by atoms with van der Waals surface area (Å²) in [5.74, 6) is -2.41. The molecule has 1 aliphatic carbocycles. The molecular formula is C22H24Br4O8. The van der Waals surface area contributed by atoms with Crippen molar-refractivity contribution in [2.75, 3.05) is 0 Å². The molecule has 6 atom stereocenters. The number of ether oxygens (including phenoxy) is 4. The number of rotatable bonds is 8. The summed E-state index contributed by atoms with van der Waals surface area (Å²) in [6.45, 7) is 6.35. The molecule has 8 nitrogen and oxygen atoms in total. The van der Waals surface area contributed by atoms with Crippen LogP contribution in [0, 0.1) is 0 Å². The number of carbonyl (C=O) groups excluding carboxylic acids is 4. The molecule has 0 N–H and O–H groups in total. The minimum atomic E-state index is -1.47. The Morgan fingerprint density at radius 1 is 0.824 bits per heavy atom. The Hall–Kier alpha value is -0.720. The molecule has 0 bridgehead atoms. The summed E-state index contributed by atoms with van der Waals surface area (Å²) < 4.78 is 23.4. The molecule has 0 aromatic heterocycles. The third-order valence-electron chi connectivity index (χ3n) is 6.02. The predicted octanol–water partition coefficient (Wildman–Crippen LogP) is 4.88. The first-order valence-electron chi connectivity index (χ1n) is 10.8. The van der Waals surface area contributed by atoms with E-state index in [1.807, 2.05) is 13.8 Å². The van der Waals surface area contributed by atoms with E-state index in [9.17, 15) is 19.2 Å².